The maximum atomic E-state index is 12.1. The summed E-state index contributed by atoms with van der Waals surface area (Å²) in [5.41, 5.74) is 2.20. The predicted octanol–water partition coefficient (Wildman–Crippen LogP) is 3.66. The van der Waals surface area contributed by atoms with Crippen LogP contribution >= 0.6 is 11.8 Å². The Bertz CT molecular complexity index is 966. The average Bonchev–Trinajstić information content (AvgIpc) is 3.36. The van der Waals surface area contributed by atoms with Crippen LogP contribution in [0.3, 0.4) is 0 Å². The zero-order chi connectivity index (χ0) is 20.6. The topological polar surface area (TPSA) is 82.2 Å². The van der Waals surface area contributed by atoms with E-state index in [1.807, 2.05) is 42.7 Å². The van der Waals surface area contributed by atoms with Crippen LogP contribution in [0, 0.1) is 13.8 Å². The summed E-state index contributed by atoms with van der Waals surface area (Å²) in [6, 6.07) is 9.69. The van der Waals surface area contributed by atoms with Crippen molar-refractivity contribution in [2.45, 2.75) is 38.7 Å². The van der Waals surface area contributed by atoms with Crippen LogP contribution in [0.25, 0.3) is 0 Å². The van der Waals surface area contributed by atoms with Crippen molar-refractivity contribution >= 4 is 17.7 Å². The third-order valence-corrected chi connectivity index (χ3v) is 5.14. The maximum absolute atomic E-state index is 12.1. The zero-order valence-corrected chi connectivity index (χ0v) is 17.4. The maximum Gasteiger partial charge on any atom is 0.230 e. The number of hydrogen-bond donors (Lipinski definition) is 1. The predicted molar refractivity (Wildman–Crippen MR) is 112 cm³/mol. The zero-order valence-electron chi connectivity index (χ0n) is 16.6. The summed E-state index contributed by atoms with van der Waals surface area (Å²) in [4.78, 5) is 12.1. The van der Waals surface area contributed by atoms with Gasteiger partial charge in [-0.05, 0) is 43.2 Å². The van der Waals surface area contributed by atoms with E-state index in [1.165, 1.54) is 11.8 Å². The van der Waals surface area contributed by atoms with Gasteiger partial charge in [-0.1, -0.05) is 30.0 Å². The largest absolute Gasteiger partial charge is 0.485 e. The van der Waals surface area contributed by atoms with Crippen LogP contribution in [0.1, 0.15) is 22.7 Å². The molecule has 0 aliphatic heterocycles. The molecule has 0 radical (unpaired) electrons. The summed E-state index contributed by atoms with van der Waals surface area (Å²) in [6.07, 6.45) is 3.35. The number of ether oxygens (including phenoxy) is 1. The minimum absolute atomic E-state index is 0.104. The molecule has 2 aromatic heterocycles. The number of nitrogens with zero attached hydrogens (tertiary/aromatic N) is 3. The molecule has 0 atom stereocenters. The Morgan fingerprint density at radius 1 is 1.34 bits per heavy atom. The van der Waals surface area contributed by atoms with Gasteiger partial charge in [0.25, 0.3) is 0 Å². The van der Waals surface area contributed by atoms with Gasteiger partial charge in [-0.15, -0.1) is 16.8 Å². The Balaban J connectivity index is 1.59. The summed E-state index contributed by atoms with van der Waals surface area (Å²) >= 11 is 1.32. The second-order valence-electron chi connectivity index (χ2n) is 6.50. The number of carbonyl (C=O) groups is 1. The van der Waals surface area contributed by atoms with Gasteiger partial charge in [0.05, 0.1) is 18.6 Å². The second-order valence-corrected chi connectivity index (χ2v) is 7.44. The van der Waals surface area contributed by atoms with Crippen LogP contribution in [-0.4, -0.2) is 26.4 Å². The molecule has 0 aliphatic carbocycles. The first kappa shape index (κ1) is 20.7. The number of aryl methyl sites for hydroxylation is 2. The van der Waals surface area contributed by atoms with Gasteiger partial charge in [0.15, 0.2) is 11.0 Å². The Morgan fingerprint density at radius 2 is 2.21 bits per heavy atom. The van der Waals surface area contributed by atoms with Crippen molar-refractivity contribution in [1.82, 2.24) is 20.1 Å². The summed E-state index contributed by atoms with van der Waals surface area (Å²) in [5.74, 6) is 2.35. The molecule has 0 unspecified atom stereocenters. The van der Waals surface area contributed by atoms with E-state index in [9.17, 15) is 4.79 Å². The fourth-order valence-corrected chi connectivity index (χ4v) is 3.43. The Labute approximate surface area is 174 Å². The van der Waals surface area contributed by atoms with E-state index in [-0.39, 0.29) is 18.3 Å². The van der Waals surface area contributed by atoms with Gasteiger partial charge in [0, 0.05) is 6.54 Å². The van der Waals surface area contributed by atoms with E-state index in [1.54, 1.807) is 18.4 Å². The number of benzene rings is 1. The van der Waals surface area contributed by atoms with Crippen LogP contribution in [0.15, 0.2) is 58.8 Å². The normalized spacial score (nSPS) is 10.7. The van der Waals surface area contributed by atoms with Crippen molar-refractivity contribution < 1.29 is 13.9 Å². The van der Waals surface area contributed by atoms with Crippen molar-refractivity contribution in [3.05, 3.63) is 72.0 Å². The minimum Gasteiger partial charge on any atom is -0.485 e. The van der Waals surface area contributed by atoms with Gasteiger partial charge < -0.3 is 14.5 Å². The second kappa shape index (κ2) is 9.97. The van der Waals surface area contributed by atoms with Gasteiger partial charge in [-0.3, -0.25) is 9.36 Å². The average molecular weight is 413 g/mol. The first-order chi connectivity index (χ1) is 14.1. The summed E-state index contributed by atoms with van der Waals surface area (Å²) in [5, 5.41) is 11.9. The molecule has 1 aromatic carbocycles. The first-order valence-electron chi connectivity index (χ1n) is 9.21. The van der Waals surface area contributed by atoms with Crippen molar-refractivity contribution in [1.29, 1.82) is 0 Å². The smallest absolute Gasteiger partial charge is 0.230 e. The van der Waals surface area contributed by atoms with Crippen molar-refractivity contribution in [2.24, 2.45) is 0 Å². The SMILES string of the molecule is C=CCn1c(COc2cc(C)ccc2C)nnc1SCC(=O)NCc1ccco1. The van der Waals surface area contributed by atoms with Gasteiger partial charge >= 0.3 is 0 Å². The van der Waals surface area contributed by atoms with E-state index in [0.29, 0.717) is 29.8 Å². The molecule has 0 aliphatic rings. The number of thioether (sulfide) groups is 1. The molecule has 2 heterocycles. The lowest BCUT2D eigenvalue weighted by Gasteiger charge is -2.11. The highest BCUT2D eigenvalue weighted by atomic mass is 32.2. The molecule has 0 saturated heterocycles. The number of hydrogen-bond acceptors (Lipinski definition) is 6. The molecule has 0 saturated carbocycles. The molecule has 3 rings (SSSR count). The van der Waals surface area contributed by atoms with Crippen LogP contribution < -0.4 is 10.1 Å². The number of carbonyl (C=O) groups excluding carboxylic acids is 1. The monoisotopic (exact) mass is 412 g/mol. The summed E-state index contributed by atoms with van der Waals surface area (Å²) < 4.78 is 13.1. The highest BCUT2D eigenvalue weighted by Crippen LogP contribution is 2.22. The molecule has 8 heteroatoms. The standard InChI is InChI=1S/C21H24N4O3S/c1-4-9-25-19(13-28-18-11-15(2)7-8-16(18)3)23-24-21(25)29-14-20(26)22-12-17-6-5-10-27-17/h4-8,10-11H,1,9,12-14H2,2-3H3,(H,22,26). The highest BCUT2D eigenvalue weighted by molar-refractivity contribution is 7.99. The first-order valence-corrected chi connectivity index (χ1v) is 10.2. The molecular weight excluding hydrogens is 388 g/mol. The third kappa shape index (κ3) is 5.74. The lowest BCUT2D eigenvalue weighted by Crippen LogP contribution is -2.24. The molecule has 29 heavy (non-hydrogen) atoms. The Hall–Kier alpha value is -3.00. The Kier molecular flexibility index (Phi) is 7.13. The van der Waals surface area contributed by atoms with Crippen LogP contribution in [0.4, 0.5) is 0 Å². The van der Waals surface area contributed by atoms with Gasteiger partial charge in [0.1, 0.15) is 18.1 Å². The minimum atomic E-state index is -0.104. The lowest BCUT2D eigenvalue weighted by molar-refractivity contribution is -0.118. The fraction of sp³-hybridized carbons (Fsp3) is 0.286. The highest BCUT2D eigenvalue weighted by Gasteiger charge is 2.14. The van der Waals surface area contributed by atoms with E-state index in [2.05, 4.69) is 22.1 Å². The van der Waals surface area contributed by atoms with Crippen molar-refractivity contribution in [3.63, 3.8) is 0 Å². The molecular formula is C21H24N4O3S. The molecule has 3 aromatic rings. The van der Waals surface area contributed by atoms with Gasteiger partial charge in [0.2, 0.25) is 5.91 Å². The van der Waals surface area contributed by atoms with E-state index >= 15 is 0 Å². The van der Waals surface area contributed by atoms with Crippen molar-refractivity contribution in [2.75, 3.05) is 5.75 Å². The molecule has 0 spiro atoms. The molecule has 0 bridgehead atoms. The lowest BCUT2D eigenvalue weighted by atomic mass is 10.1. The van der Waals surface area contributed by atoms with Crippen molar-refractivity contribution in [3.8, 4) is 5.75 Å². The quantitative estimate of drug-likeness (QED) is 0.404. The van der Waals surface area contributed by atoms with Gasteiger partial charge in [-0.2, -0.15) is 0 Å². The van der Waals surface area contributed by atoms with Gasteiger partial charge in [-0.25, -0.2) is 0 Å². The molecule has 7 nitrogen and oxygen atoms in total. The number of aromatic nitrogens is 3. The summed E-state index contributed by atoms with van der Waals surface area (Å²) in [6.45, 7) is 9.02. The molecule has 0 fully saturated rings. The summed E-state index contributed by atoms with van der Waals surface area (Å²) in [7, 11) is 0. The van der Waals surface area contributed by atoms with Crippen LogP contribution in [0.2, 0.25) is 0 Å². The van der Waals surface area contributed by atoms with E-state index < -0.39 is 0 Å². The third-order valence-electron chi connectivity index (χ3n) is 4.18. The number of furan rings is 1. The van der Waals surface area contributed by atoms with Crippen LogP contribution in [0.5, 0.6) is 5.75 Å². The number of amides is 1. The molecule has 152 valence electrons. The van der Waals surface area contributed by atoms with Crippen LogP contribution in [-0.2, 0) is 24.5 Å². The number of allylic oxidation sites excluding steroid dienone is 1. The molecule has 1 amide bonds. The fourth-order valence-electron chi connectivity index (χ4n) is 2.63. The molecule has 1 N–H and O–H groups in total. The number of rotatable bonds is 10. The number of nitrogens with one attached hydrogen (secondary N) is 1. The Morgan fingerprint density at radius 3 is 2.97 bits per heavy atom. The van der Waals surface area contributed by atoms with E-state index in [0.717, 1.165) is 16.9 Å². The van der Waals surface area contributed by atoms with E-state index in [4.69, 9.17) is 9.15 Å².